The Morgan fingerprint density at radius 3 is 2.56 bits per heavy atom. The Labute approximate surface area is 196 Å². The van der Waals surface area contributed by atoms with Crippen LogP contribution in [0.4, 0.5) is 5.69 Å². The first-order chi connectivity index (χ1) is 16.4. The van der Waals surface area contributed by atoms with Gasteiger partial charge < -0.3 is 4.74 Å². The second kappa shape index (κ2) is 9.78. The Hall–Kier alpha value is -4.14. The molecular formula is C25H25N5O4. The predicted octanol–water partition coefficient (Wildman–Crippen LogP) is 5.22. The van der Waals surface area contributed by atoms with Crippen LogP contribution in [-0.2, 0) is 11.2 Å². The Bertz CT molecular complexity index is 1360. The van der Waals surface area contributed by atoms with E-state index >= 15 is 0 Å². The van der Waals surface area contributed by atoms with Crippen LogP contribution in [0.5, 0.6) is 0 Å². The van der Waals surface area contributed by atoms with Crippen LogP contribution in [0.25, 0.3) is 27.8 Å². The lowest BCUT2D eigenvalue weighted by Gasteiger charge is -2.13. The molecule has 0 aliphatic carbocycles. The molecule has 0 aliphatic heterocycles. The minimum Gasteiger partial charge on any atom is -0.461 e. The van der Waals surface area contributed by atoms with Crippen LogP contribution in [-0.4, -0.2) is 37.5 Å². The fraction of sp³-hybridized carbons (Fsp3) is 0.280. The lowest BCUT2D eigenvalue weighted by atomic mass is 10.0. The number of aromatic nitrogens is 4. The minimum atomic E-state index is -0.610. The van der Waals surface area contributed by atoms with Gasteiger partial charge >= 0.3 is 5.97 Å². The molecule has 0 fully saturated rings. The predicted molar refractivity (Wildman–Crippen MR) is 128 cm³/mol. The summed E-state index contributed by atoms with van der Waals surface area (Å²) in [6, 6.07) is 14.0. The number of hydrogen-bond donors (Lipinski definition) is 0. The molecule has 0 saturated heterocycles. The normalized spacial score (nSPS) is 11.0. The zero-order chi connectivity index (χ0) is 24.2. The Kier molecular flexibility index (Phi) is 6.62. The van der Waals surface area contributed by atoms with E-state index in [2.05, 4.69) is 34.4 Å². The third-order valence-electron chi connectivity index (χ3n) is 5.52. The molecule has 0 aliphatic rings. The quantitative estimate of drug-likeness (QED) is 0.202. The first kappa shape index (κ1) is 23.0. The van der Waals surface area contributed by atoms with Crippen molar-refractivity contribution in [3.63, 3.8) is 0 Å². The Balaban J connectivity index is 1.95. The number of esters is 1. The number of non-ortho nitro benzene ring substituents is 1. The van der Waals surface area contributed by atoms with Crippen molar-refractivity contribution in [3.8, 4) is 16.9 Å². The molecule has 34 heavy (non-hydrogen) atoms. The molecule has 4 rings (SSSR count). The smallest absolute Gasteiger partial charge is 0.361 e. The zero-order valence-corrected chi connectivity index (χ0v) is 19.3. The number of benzene rings is 2. The van der Waals surface area contributed by atoms with Crippen molar-refractivity contribution in [2.75, 3.05) is 6.61 Å². The van der Waals surface area contributed by atoms with E-state index in [1.54, 1.807) is 23.7 Å². The molecule has 9 heteroatoms. The summed E-state index contributed by atoms with van der Waals surface area (Å²) in [6.07, 6.45) is 3.11. The SMILES string of the molecule is CCCCc1ccc2nc(C)cc(-n3nnc(C(=O)OCC)c3-c3ccc([N+](=O)[O-])cc3)c2c1. The van der Waals surface area contributed by atoms with Gasteiger partial charge in [-0.2, -0.15) is 0 Å². The number of rotatable bonds is 8. The van der Waals surface area contributed by atoms with Crippen LogP contribution in [0.15, 0.2) is 48.5 Å². The number of nitro benzene ring substituents is 1. The Morgan fingerprint density at radius 1 is 1.12 bits per heavy atom. The third kappa shape index (κ3) is 4.50. The van der Waals surface area contributed by atoms with E-state index < -0.39 is 10.9 Å². The molecule has 0 N–H and O–H groups in total. The van der Waals surface area contributed by atoms with Crippen molar-refractivity contribution in [1.29, 1.82) is 0 Å². The molecule has 0 saturated carbocycles. The highest BCUT2D eigenvalue weighted by atomic mass is 16.6. The van der Waals surface area contributed by atoms with Crippen LogP contribution < -0.4 is 0 Å². The van der Waals surface area contributed by atoms with Crippen LogP contribution in [0.3, 0.4) is 0 Å². The van der Waals surface area contributed by atoms with Crippen molar-refractivity contribution >= 4 is 22.6 Å². The summed E-state index contributed by atoms with van der Waals surface area (Å²) >= 11 is 0. The van der Waals surface area contributed by atoms with E-state index in [4.69, 9.17) is 4.74 Å². The highest BCUT2D eigenvalue weighted by molar-refractivity contribution is 5.96. The second-order valence-electron chi connectivity index (χ2n) is 7.96. The fourth-order valence-electron chi connectivity index (χ4n) is 3.88. The maximum Gasteiger partial charge on any atom is 0.361 e. The molecular weight excluding hydrogens is 434 g/mol. The van der Waals surface area contributed by atoms with Crippen LogP contribution in [0.2, 0.25) is 0 Å². The maximum atomic E-state index is 12.7. The lowest BCUT2D eigenvalue weighted by Crippen LogP contribution is -2.08. The molecule has 0 bridgehead atoms. The number of carbonyl (C=O) groups excluding carboxylic acids is 1. The molecule has 9 nitrogen and oxygen atoms in total. The molecule has 0 atom stereocenters. The van der Waals surface area contributed by atoms with Gasteiger partial charge in [0.1, 0.15) is 5.69 Å². The van der Waals surface area contributed by atoms with E-state index in [1.165, 1.54) is 17.7 Å². The summed E-state index contributed by atoms with van der Waals surface area (Å²) in [7, 11) is 0. The second-order valence-corrected chi connectivity index (χ2v) is 7.96. The highest BCUT2D eigenvalue weighted by Gasteiger charge is 2.25. The summed E-state index contributed by atoms with van der Waals surface area (Å²) in [5, 5.41) is 20.5. The van der Waals surface area contributed by atoms with Crippen molar-refractivity contribution in [3.05, 3.63) is 75.6 Å². The van der Waals surface area contributed by atoms with E-state index in [9.17, 15) is 14.9 Å². The monoisotopic (exact) mass is 459 g/mol. The molecule has 4 aromatic rings. The molecule has 0 spiro atoms. The summed E-state index contributed by atoms with van der Waals surface area (Å²) in [5.74, 6) is -0.610. The maximum absolute atomic E-state index is 12.7. The number of aryl methyl sites for hydroxylation is 2. The van der Waals surface area contributed by atoms with Crippen molar-refractivity contribution in [2.45, 2.75) is 40.0 Å². The summed E-state index contributed by atoms with van der Waals surface area (Å²) in [4.78, 5) is 28.0. The van der Waals surface area contributed by atoms with Gasteiger partial charge in [-0.3, -0.25) is 15.1 Å². The van der Waals surface area contributed by atoms with Gasteiger partial charge in [0.2, 0.25) is 0 Å². The highest BCUT2D eigenvalue weighted by Crippen LogP contribution is 2.31. The van der Waals surface area contributed by atoms with E-state index in [0.29, 0.717) is 11.3 Å². The van der Waals surface area contributed by atoms with E-state index in [0.717, 1.165) is 41.5 Å². The number of nitro groups is 1. The first-order valence-corrected chi connectivity index (χ1v) is 11.2. The average molecular weight is 460 g/mol. The van der Waals surface area contributed by atoms with Crippen molar-refractivity contribution in [2.24, 2.45) is 0 Å². The summed E-state index contributed by atoms with van der Waals surface area (Å²) in [5.41, 5.74) is 4.44. The number of pyridine rings is 1. The lowest BCUT2D eigenvalue weighted by molar-refractivity contribution is -0.384. The van der Waals surface area contributed by atoms with Crippen molar-refractivity contribution < 1.29 is 14.5 Å². The molecule has 0 radical (unpaired) electrons. The van der Waals surface area contributed by atoms with Gasteiger partial charge in [-0.15, -0.1) is 5.10 Å². The van der Waals surface area contributed by atoms with Gasteiger partial charge in [-0.25, -0.2) is 9.48 Å². The largest absolute Gasteiger partial charge is 0.461 e. The van der Waals surface area contributed by atoms with E-state index in [-0.39, 0.29) is 18.0 Å². The fourth-order valence-corrected chi connectivity index (χ4v) is 3.88. The van der Waals surface area contributed by atoms with Crippen LogP contribution in [0, 0.1) is 17.0 Å². The van der Waals surface area contributed by atoms with Crippen molar-refractivity contribution in [1.82, 2.24) is 20.0 Å². The molecule has 0 amide bonds. The summed E-state index contributed by atoms with van der Waals surface area (Å²) < 4.78 is 6.79. The number of carbonyl (C=O) groups is 1. The molecule has 174 valence electrons. The number of fused-ring (bicyclic) bond motifs is 1. The number of nitrogens with zero attached hydrogens (tertiary/aromatic N) is 5. The third-order valence-corrected chi connectivity index (χ3v) is 5.52. The zero-order valence-electron chi connectivity index (χ0n) is 19.3. The van der Waals surface area contributed by atoms with Gasteiger partial charge in [0, 0.05) is 28.8 Å². The number of hydrogen-bond acceptors (Lipinski definition) is 7. The van der Waals surface area contributed by atoms with Gasteiger partial charge in [-0.05, 0) is 62.6 Å². The standard InChI is InChI=1S/C25H25N5O4/c1-4-6-7-17-8-13-21-20(15-17)22(14-16(3)26-21)29-24(23(27-28-29)25(31)34-5-2)18-9-11-19(12-10-18)30(32)33/h8-15H,4-7H2,1-3H3. The number of ether oxygens (including phenoxy) is 1. The van der Waals surface area contributed by atoms with Gasteiger partial charge in [0.25, 0.3) is 5.69 Å². The van der Waals surface area contributed by atoms with Crippen LogP contribution >= 0.6 is 0 Å². The Morgan fingerprint density at radius 2 is 1.88 bits per heavy atom. The molecule has 2 aromatic carbocycles. The van der Waals surface area contributed by atoms with Crippen LogP contribution in [0.1, 0.15) is 48.4 Å². The summed E-state index contributed by atoms with van der Waals surface area (Å²) in [6.45, 7) is 5.94. The van der Waals surface area contributed by atoms with E-state index in [1.807, 2.05) is 19.1 Å². The molecule has 2 heterocycles. The van der Waals surface area contributed by atoms with Gasteiger partial charge in [0.15, 0.2) is 5.69 Å². The topological polar surface area (TPSA) is 113 Å². The first-order valence-electron chi connectivity index (χ1n) is 11.2. The number of unbranched alkanes of at least 4 members (excludes halogenated alkanes) is 1. The average Bonchev–Trinajstić information content (AvgIpc) is 3.27. The van der Waals surface area contributed by atoms with Gasteiger partial charge in [0.05, 0.1) is 22.7 Å². The van der Waals surface area contributed by atoms with Gasteiger partial charge in [-0.1, -0.05) is 24.6 Å². The molecule has 0 unspecified atom stereocenters. The minimum absolute atomic E-state index is 0.0421. The molecule has 2 aromatic heterocycles.